The highest BCUT2D eigenvalue weighted by Crippen LogP contribution is 2.44. The van der Waals surface area contributed by atoms with Gasteiger partial charge in [-0.25, -0.2) is 9.78 Å². The lowest BCUT2D eigenvalue weighted by molar-refractivity contribution is 0.0774. The molecule has 5 rings (SSSR count). The van der Waals surface area contributed by atoms with Crippen molar-refractivity contribution in [3.63, 3.8) is 0 Å². The topological polar surface area (TPSA) is 57.7 Å². The van der Waals surface area contributed by atoms with Crippen molar-refractivity contribution in [2.75, 3.05) is 51.3 Å². The zero-order valence-corrected chi connectivity index (χ0v) is 24.8. The number of hydrogen-bond donors (Lipinski definition) is 1. The summed E-state index contributed by atoms with van der Waals surface area (Å²) in [5.41, 5.74) is 2.14. The van der Waals surface area contributed by atoms with E-state index < -0.39 is 0 Å². The highest BCUT2D eigenvalue weighted by molar-refractivity contribution is 7.22. The van der Waals surface area contributed by atoms with Crippen molar-refractivity contribution in [3.8, 4) is 0 Å². The normalized spacial score (nSPS) is 20.6. The second-order valence-electron chi connectivity index (χ2n) is 11.0. The van der Waals surface area contributed by atoms with E-state index in [1.54, 1.807) is 0 Å². The van der Waals surface area contributed by atoms with E-state index >= 15 is 0 Å². The molecule has 3 aromatic rings. The van der Waals surface area contributed by atoms with Gasteiger partial charge in [-0.1, -0.05) is 84.5 Å². The average molecular weight is 579 g/mol. The highest BCUT2D eigenvalue weighted by Gasteiger charge is 2.33. The molecule has 1 fully saturated rings. The molecule has 40 heavy (non-hydrogen) atoms. The lowest BCUT2D eigenvalue weighted by Crippen LogP contribution is -2.43. The minimum absolute atomic E-state index is 0.00900. The molecule has 0 radical (unpaired) electrons. The highest BCUT2D eigenvalue weighted by atomic mass is 35.5. The molecule has 2 amide bonds. The Labute approximate surface area is 246 Å². The standard InChI is InChI=1S/C32H39ClN4O2S/c1-32(15-6-3-7-16-32)27(25-10-4-2-5-11-25)14-18-37(20-19-36-17-8-9-22-39-23-21-36)31(38)35-30-34-28-13-12-26(33)24-29(28)40-30/h2-7,10-13,15,24,27H,8-9,14,16-23H2,1H3,(H,34,35,38). The van der Waals surface area contributed by atoms with E-state index in [-0.39, 0.29) is 17.4 Å². The monoisotopic (exact) mass is 578 g/mol. The Morgan fingerprint density at radius 1 is 1.15 bits per heavy atom. The van der Waals surface area contributed by atoms with Crippen LogP contribution in [0.25, 0.3) is 10.2 Å². The molecule has 1 aliphatic carbocycles. The van der Waals surface area contributed by atoms with Crippen molar-refractivity contribution in [1.29, 1.82) is 0 Å². The summed E-state index contributed by atoms with van der Waals surface area (Å²) in [6, 6.07) is 16.2. The first kappa shape index (κ1) is 28.8. The van der Waals surface area contributed by atoms with E-state index in [1.807, 2.05) is 23.1 Å². The van der Waals surface area contributed by atoms with E-state index in [2.05, 4.69) is 76.8 Å². The number of halogens is 1. The number of anilines is 1. The van der Waals surface area contributed by atoms with Crippen LogP contribution in [0.3, 0.4) is 0 Å². The number of nitrogens with one attached hydrogen (secondary N) is 1. The molecular formula is C32H39ClN4O2S. The summed E-state index contributed by atoms with van der Waals surface area (Å²) >= 11 is 7.63. The summed E-state index contributed by atoms with van der Waals surface area (Å²) < 4.78 is 6.68. The number of urea groups is 1. The maximum atomic E-state index is 13.7. The van der Waals surface area contributed by atoms with Crippen LogP contribution in [0.2, 0.25) is 5.02 Å². The largest absolute Gasteiger partial charge is 0.380 e. The lowest BCUT2D eigenvalue weighted by atomic mass is 9.68. The van der Waals surface area contributed by atoms with Crippen LogP contribution >= 0.6 is 22.9 Å². The number of benzene rings is 2. The predicted molar refractivity (Wildman–Crippen MR) is 167 cm³/mol. The molecule has 1 aromatic heterocycles. The number of allylic oxidation sites excluding steroid dienone is 4. The van der Waals surface area contributed by atoms with Gasteiger partial charge in [0.25, 0.3) is 0 Å². The third kappa shape index (κ3) is 7.52. The molecule has 1 saturated heterocycles. The molecule has 2 aromatic carbocycles. The van der Waals surface area contributed by atoms with E-state index in [0.29, 0.717) is 23.2 Å². The van der Waals surface area contributed by atoms with E-state index in [9.17, 15) is 4.79 Å². The Hall–Kier alpha value is -2.71. The van der Waals surface area contributed by atoms with Crippen LogP contribution in [-0.4, -0.2) is 66.8 Å². The van der Waals surface area contributed by atoms with Gasteiger partial charge >= 0.3 is 6.03 Å². The average Bonchev–Trinajstić information content (AvgIpc) is 3.33. The molecule has 2 aliphatic rings. The third-order valence-electron chi connectivity index (χ3n) is 8.07. The van der Waals surface area contributed by atoms with Gasteiger partial charge in [0.15, 0.2) is 5.13 Å². The van der Waals surface area contributed by atoms with Gasteiger partial charge in [-0.3, -0.25) is 10.2 Å². The summed E-state index contributed by atoms with van der Waals surface area (Å²) in [6.45, 7) is 7.99. The van der Waals surface area contributed by atoms with Crippen LogP contribution < -0.4 is 5.32 Å². The van der Waals surface area contributed by atoms with Gasteiger partial charge in [0.1, 0.15) is 0 Å². The van der Waals surface area contributed by atoms with Gasteiger partial charge in [0, 0.05) is 37.8 Å². The Morgan fingerprint density at radius 3 is 2.85 bits per heavy atom. The molecule has 1 aliphatic heterocycles. The molecule has 1 N–H and O–H groups in total. The smallest absolute Gasteiger partial charge is 0.323 e. The second-order valence-corrected chi connectivity index (χ2v) is 12.4. The van der Waals surface area contributed by atoms with E-state index in [4.69, 9.17) is 16.3 Å². The van der Waals surface area contributed by atoms with Crippen molar-refractivity contribution in [2.24, 2.45) is 5.41 Å². The summed E-state index contributed by atoms with van der Waals surface area (Å²) in [6.07, 6.45) is 12.9. The number of aromatic nitrogens is 1. The summed E-state index contributed by atoms with van der Waals surface area (Å²) in [5, 5.41) is 4.36. The molecule has 212 valence electrons. The van der Waals surface area contributed by atoms with Gasteiger partial charge in [-0.2, -0.15) is 0 Å². The molecule has 2 unspecified atom stereocenters. The fourth-order valence-electron chi connectivity index (χ4n) is 5.72. The van der Waals surface area contributed by atoms with E-state index in [1.165, 1.54) is 16.9 Å². The first-order valence-corrected chi connectivity index (χ1v) is 15.5. The second kappa shape index (κ2) is 13.8. The number of fused-ring (bicyclic) bond motifs is 1. The van der Waals surface area contributed by atoms with Crippen molar-refractivity contribution in [2.45, 2.75) is 38.5 Å². The number of hydrogen-bond acceptors (Lipinski definition) is 5. The predicted octanol–water partition coefficient (Wildman–Crippen LogP) is 7.59. The Kier molecular flexibility index (Phi) is 9.92. The number of carbonyl (C=O) groups is 1. The first-order chi connectivity index (χ1) is 19.5. The maximum Gasteiger partial charge on any atom is 0.323 e. The molecule has 6 nitrogen and oxygen atoms in total. The summed E-state index contributed by atoms with van der Waals surface area (Å²) in [5.74, 6) is 0.282. The number of rotatable bonds is 9. The molecule has 2 atom stereocenters. The number of ether oxygens (including phenoxy) is 1. The summed E-state index contributed by atoms with van der Waals surface area (Å²) in [4.78, 5) is 22.8. The fourth-order valence-corrected chi connectivity index (χ4v) is 6.85. The zero-order chi connectivity index (χ0) is 27.8. The van der Waals surface area contributed by atoms with Crippen molar-refractivity contribution in [3.05, 3.63) is 83.4 Å². The molecule has 2 heterocycles. The Balaban J connectivity index is 1.33. The first-order valence-electron chi connectivity index (χ1n) is 14.3. The number of carbonyl (C=O) groups excluding carboxylic acids is 1. The van der Waals surface area contributed by atoms with Gasteiger partial charge in [0.2, 0.25) is 0 Å². The van der Waals surface area contributed by atoms with Crippen LogP contribution in [0, 0.1) is 5.41 Å². The Bertz CT molecular complexity index is 1320. The maximum absolute atomic E-state index is 13.7. The van der Waals surface area contributed by atoms with Gasteiger partial charge in [0.05, 0.1) is 16.8 Å². The third-order valence-corrected chi connectivity index (χ3v) is 9.24. The van der Waals surface area contributed by atoms with Crippen molar-refractivity contribution >= 4 is 44.3 Å². The minimum atomic E-state index is -0.107. The lowest BCUT2D eigenvalue weighted by Gasteiger charge is -2.38. The molecule has 0 bridgehead atoms. The number of amides is 2. The molecule has 0 saturated carbocycles. The zero-order valence-electron chi connectivity index (χ0n) is 23.2. The van der Waals surface area contributed by atoms with E-state index in [0.717, 1.165) is 68.7 Å². The van der Waals surface area contributed by atoms with Gasteiger partial charge in [-0.15, -0.1) is 0 Å². The number of nitrogens with zero attached hydrogens (tertiary/aromatic N) is 3. The number of thiazole rings is 1. The molecule has 8 heteroatoms. The fraction of sp³-hybridized carbons (Fsp3) is 0.438. The van der Waals surface area contributed by atoms with Gasteiger partial charge < -0.3 is 9.64 Å². The summed E-state index contributed by atoms with van der Waals surface area (Å²) in [7, 11) is 0. The SMILES string of the molecule is CC1(C(CCN(CCN2CCCCOCC2)C(=O)Nc2nc3ccc(Cl)cc3s2)c2ccccc2)C=CC=CC1. The quantitative estimate of drug-likeness (QED) is 0.284. The van der Waals surface area contributed by atoms with Crippen LogP contribution in [0.15, 0.2) is 72.8 Å². The van der Waals surface area contributed by atoms with Crippen LogP contribution in [0.5, 0.6) is 0 Å². The van der Waals surface area contributed by atoms with Gasteiger partial charge in [-0.05, 0) is 67.3 Å². The Morgan fingerprint density at radius 2 is 2.02 bits per heavy atom. The van der Waals surface area contributed by atoms with Crippen LogP contribution in [0.1, 0.15) is 44.1 Å². The molecule has 0 spiro atoms. The van der Waals surface area contributed by atoms with Crippen molar-refractivity contribution < 1.29 is 9.53 Å². The van der Waals surface area contributed by atoms with Crippen molar-refractivity contribution in [1.82, 2.24) is 14.8 Å². The molecular weight excluding hydrogens is 540 g/mol. The van der Waals surface area contributed by atoms with Crippen LogP contribution in [0.4, 0.5) is 9.93 Å². The minimum Gasteiger partial charge on any atom is -0.380 e. The van der Waals surface area contributed by atoms with Crippen LogP contribution in [-0.2, 0) is 4.74 Å².